The van der Waals surface area contributed by atoms with E-state index in [1.807, 2.05) is 0 Å². The van der Waals surface area contributed by atoms with Gasteiger partial charge >= 0.3 is 0 Å². The first-order valence-electron chi connectivity index (χ1n) is 4.20. The van der Waals surface area contributed by atoms with Crippen molar-refractivity contribution in [3.63, 3.8) is 0 Å². The van der Waals surface area contributed by atoms with Crippen molar-refractivity contribution in [1.82, 2.24) is 10.6 Å². The fourth-order valence-electron chi connectivity index (χ4n) is 1.59. The number of carbonyl (C=O) groups is 1. The highest BCUT2D eigenvalue weighted by atomic mass is 16.1. The highest BCUT2D eigenvalue weighted by Crippen LogP contribution is 2.15. The molecule has 0 saturated carbocycles. The summed E-state index contributed by atoms with van der Waals surface area (Å²) in [5, 5.41) is 5.97. The average molecular weight is 156 g/mol. The third-order valence-electron chi connectivity index (χ3n) is 2.34. The first-order valence-corrected chi connectivity index (χ1v) is 4.20. The van der Waals surface area contributed by atoms with Gasteiger partial charge in [-0.05, 0) is 26.3 Å². The number of rotatable bonds is 1. The van der Waals surface area contributed by atoms with Crippen LogP contribution in [0.1, 0.15) is 19.8 Å². The molecule has 2 N–H and O–H groups in total. The van der Waals surface area contributed by atoms with Crippen LogP contribution >= 0.6 is 0 Å². The number of nitrogens with one attached hydrogen (secondary N) is 2. The number of hydrogen-bond acceptors (Lipinski definition) is 2. The van der Waals surface area contributed by atoms with Crippen LogP contribution in [-0.4, -0.2) is 25.5 Å². The standard InChI is InChI=1S/C8H16N2O/c1-6-7(8(11)9-2)4-3-5-10-6/h6-7,10H,3-5H2,1-2H3,(H,9,11)/t6-,7?/m0/s1. The van der Waals surface area contributed by atoms with Gasteiger partial charge in [0.25, 0.3) is 0 Å². The molecule has 0 aliphatic carbocycles. The van der Waals surface area contributed by atoms with E-state index in [4.69, 9.17) is 0 Å². The predicted molar refractivity (Wildman–Crippen MR) is 44.3 cm³/mol. The lowest BCUT2D eigenvalue weighted by Crippen LogP contribution is -2.45. The van der Waals surface area contributed by atoms with E-state index in [9.17, 15) is 4.79 Å². The summed E-state index contributed by atoms with van der Waals surface area (Å²) in [4.78, 5) is 11.2. The van der Waals surface area contributed by atoms with Gasteiger partial charge in [0, 0.05) is 13.1 Å². The van der Waals surface area contributed by atoms with Gasteiger partial charge in [0.2, 0.25) is 5.91 Å². The van der Waals surface area contributed by atoms with Gasteiger partial charge in [0.1, 0.15) is 0 Å². The molecule has 0 bridgehead atoms. The van der Waals surface area contributed by atoms with Crippen molar-refractivity contribution in [1.29, 1.82) is 0 Å². The third-order valence-corrected chi connectivity index (χ3v) is 2.34. The van der Waals surface area contributed by atoms with E-state index >= 15 is 0 Å². The van der Waals surface area contributed by atoms with E-state index in [1.165, 1.54) is 0 Å². The van der Waals surface area contributed by atoms with Crippen molar-refractivity contribution in [3.05, 3.63) is 0 Å². The average Bonchev–Trinajstić information content (AvgIpc) is 2.04. The van der Waals surface area contributed by atoms with Gasteiger partial charge in [-0.2, -0.15) is 0 Å². The molecule has 1 saturated heterocycles. The third kappa shape index (κ3) is 1.93. The zero-order chi connectivity index (χ0) is 8.27. The second-order valence-electron chi connectivity index (χ2n) is 3.11. The van der Waals surface area contributed by atoms with Crippen LogP contribution in [0.25, 0.3) is 0 Å². The molecule has 64 valence electrons. The first-order chi connectivity index (χ1) is 5.25. The number of hydrogen-bond donors (Lipinski definition) is 2. The number of carbonyl (C=O) groups excluding carboxylic acids is 1. The van der Waals surface area contributed by atoms with Crippen molar-refractivity contribution in [2.75, 3.05) is 13.6 Å². The summed E-state index contributed by atoms with van der Waals surface area (Å²) in [5.41, 5.74) is 0. The summed E-state index contributed by atoms with van der Waals surface area (Å²) in [6, 6.07) is 0.337. The predicted octanol–water partition coefficient (Wildman–Crippen LogP) is 0.120. The molecule has 1 heterocycles. The van der Waals surface area contributed by atoms with E-state index in [2.05, 4.69) is 17.6 Å². The van der Waals surface area contributed by atoms with Crippen LogP contribution < -0.4 is 10.6 Å². The maximum atomic E-state index is 11.2. The fourth-order valence-corrected chi connectivity index (χ4v) is 1.59. The Labute approximate surface area is 67.5 Å². The molecule has 0 aromatic carbocycles. The molecule has 0 spiro atoms. The second kappa shape index (κ2) is 3.72. The molecule has 1 unspecified atom stereocenters. The Hall–Kier alpha value is -0.570. The Morgan fingerprint density at radius 3 is 2.91 bits per heavy atom. The molecule has 1 aliphatic rings. The summed E-state index contributed by atoms with van der Waals surface area (Å²) in [6.45, 7) is 3.12. The number of piperidine rings is 1. The normalized spacial score (nSPS) is 31.5. The zero-order valence-electron chi connectivity index (χ0n) is 7.18. The van der Waals surface area contributed by atoms with E-state index < -0.39 is 0 Å². The molecule has 11 heavy (non-hydrogen) atoms. The molecule has 1 aliphatic heterocycles. The van der Waals surface area contributed by atoms with Crippen molar-refractivity contribution in [3.8, 4) is 0 Å². The Balaban J connectivity index is 2.47. The van der Waals surface area contributed by atoms with Gasteiger partial charge in [-0.25, -0.2) is 0 Å². The van der Waals surface area contributed by atoms with Crippen molar-refractivity contribution in [2.45, 2.75) is 25.8 Å². The molecule has 0 aromatic heterocycles. The summed E-state index contributed by atoms with van der Waals surface area (Å²) >= 11 is 0. The first kappa shape index (κ1) is 8.53. The Morgan fingerprint density at radius 2 is 2.36 bits per heavy atom. The van der Waals surface area contributed by atoms with Gasteiger partial charge < -0.3 is 10.6 Å². The quantitative estimate of drug-likeness (QED) is 0.566. The molecule has 0 aromatic rings. The second-order valence-corrected chi connectivity index (χ2v) is 3.11. The van der Waals surface area contributed by atoms with Crippen LogP contribution in [0.15, 0.2) is 0 Å². The van der Waals surface area contributed by atoms with Crippen molar-refractivity contribution in [2.24, 2.45) is 5.92 Å². The van der Waals surface area contributed by atoms with E-state index in [0.29, 0.717) is 6.04 Å². The summed E-state index contributed by atoms with van der Waals surface area (Å²) in [6.07, 6.45) is 2.14. The molecule has 3 nitrogen and oxygen atoms in total. The van der Waals surface area contributed by atoms with Crippen LogP contribution in [0.5, 0.6) is 0 Å². The Bertz CT molecular complexity index is 147. The van der Waals surface area contributed by atoms with Crippen LogP contribution in [0.2, 0.25) is 0 Å². The molecule has 1 fully saturated rings. The van der Waals surface area contributed by atoms with Crippen LogP contribution in [0, 0.1) is 5.92 Å². The lowest BCUT2D eigenvalue weighted by Gasteiger charge is -2.28. The zero-order valence-corrected chi connectivity index (χ0v) is 7.18. The van der Waals surface area contributed by atoms with Crippen LogP contribution in [0.3, 0.4) is 0 Å². The minimum atomic E-state index is 0.171. The molecule has 0 radical (unpaired) electrons. The molecular formula is C8H16N2O. The molecule has 3 heteroatoms. The van der Waals surface area contributed by atoms with Crippen LogP contribution in [0.4, 0.5) is 0 Å². The lowest BCUT2D eigenvalue weighted by atomic mass is 9.91. The minimum Gasteiger partial charge on any atom is -0.359 e. The van der Waals surface area contributed by atoms with Gasteiger partial charge in [0.15, 0.2) is 0 Å². The SMILES string of the molecule is CNC(=O)C1CCCN[C@H]1C. The van der Waals surface area contributed by atoms with E-state index in [0.717, 1.165) is 19.4 Å². The lowest BCUT2D eigenvalue weighted by molar-refractivity contribution is -0.126. The molecular weight excluding hydrogens is 140 g/mol. The van der Waals surface area contributed by atoms with Gasteiger partial charge in [-0.15, -0.1) is 0 Å². The van der Waals surface area contributed by atoms with Crippen molar-refractivity contribution < 1.29 is 4.79 Å². The van der Waals surface area contributed by atoms with Gasteiger partial charge in [-0.3, -0.25) is 4.79 Å². The molecule has 1 amide bonds. The van der Waals surface area contributed by atoms with Gasteiger partial charge in [-0.1, -0.05) is 0 Å². The minimum absolute atomic E-state index is 0.171. The van der Waals surface area contributed by atoms with E-state index in [1.54, 1.807) is 7.05 Å². The largest absolute Gasteiger partial charge is 0.359 e. The summed E-state index contributed by atoms with van der Waals surface area (Å²) in [7, 11) is 1.70. The smallest absolute Gasteiger partial charge is 0.224 e. The van der Waals surface area contributed by atoms with Gasteiger partial charge in [0.05, 0.1) is 5.92 Å². The molecule has 2 atom stereocenters. The summed E-state index contributed by atoms with van der Waals surface area (Å²) < 4.78 is 0. The topological polar surface area (TPSA) is 41.1 Å². The molecule has 1 rings (SSSR count). The van der Waals surface area contributed by atoms with E-state index in [-0.39, 0.29) is 11.8 Å². The van der Waals surface area contributed by atoms with Crippen LogP contribution in [-0.2, 0) is 4.79 Å². The van der Waals surface area contributed by atoms with Crippen molar-refractivity contribution >= 4 is 5.91 Å². The number of amides is 1. The highest BCUT2D eigenvalue weighted by molar-refractivity contribution is 5.79. The summed E-state index contributed by atoms with van der Waals surface area (Å²) in [5.74, 6) is 0.346. The Kier molecular flexibility index (Phi) is 2.88. The Morgan fingerprint density at radius 1 is 1.64 bits per heavy atom. The monoisotopic (exact) mass is 156 g/mol. The maximum absolute atomic E-state index is 11.2. The fraction of sp³-hybridized carbons (Fsp3) is 0.875. The maximum Gasteiger partial charge on any atom is 0.224 e. The highest BCUT2D eigenvalue weighted by Gasteiger charge is 2.26.